The summed E-state index contributed by atoms with van der Waals surface area (Å²) in [5.74, 6) is 0. The van der Waals surface area contributed by atoms with Gasteiger partial charge in [0.05, 0.1) is 0 Å². The number of rotatable bonds is 1. The molecule has 0 atom stereocenters. The number of hydrogen-bond donors (Lipinski definition) is 3. The monoisotopic (exact) mass is 217 g/mol. The minimum absolute atomic E-state index is 0. The molecule has 0 spiro atoms. The predicted octanol–water partition coefficient (Wildman–Crippen LogP) is -3.95. The van der Waals surface area contributed by atoms with E-state index in [9.17, 15) is 0 Å². The average molecular weight is 217 g/mol. The third-order valence-electron chi connectivity index (χ3n) is 0.0942. The van der Waals surface area contributed by atoms with E-state index in [0.29, 0.717) is 0 Å². The van der Waals surface area contributed by atoms with Gasteiger partial charge in [0.15, 0.2) is 0 Å². The Hall–Kier alpha value is 0.666. The first-order valence-corrected chi connectivity index (χ1v) is 2.80. The zero-order valence-electron chi connectivity index (χ0n) is 6.24. The Bertz CT molecular complexity index is 181. The van der Waals surface area contributed by atoms with Crippen LogP contribution in [0, 0.1) is 10.1 Å². The van der Waals surface area contributed by atoms with Crippen molar-refractivity contribution in [3.05, 3.63) is 10.1 Å². The Morgan fingerprint density at radius 2 is 1.64 bits per heavy atom. The van der Waals surface area contributed by atoms with E-state index in [1.165, 1.54) is 0 Å². The predicted molar refractivity (Wildman–Crippen MR) is 25.2 cm³/mol. The SMILES string of the molecule is O=S(=O)(O)OO.O=[N+]([O-])O.[H-].[K+]. The second-order valence-corrected chi connectivity index (χ2v) is 1.74. The summed E-state index contributed by atoms with van der Waals surface area (Å²) in [5, 5.41) is 20.7. The van der Waals surface area contributed by atoms with Gasteiger partial charge in [0.25, 0.3) is 5.09 Å². The van der Waals surface area contributed by atoms with Crippen LogP contribution < -0.4 is 51.4 Å². The third-order valence-corrected chi connectivity index (χ3v) is 0.283. The van der Waals surface area contributed by atoms with Crippen LogP contribution in [0.15, 0.2) is 0 Å². The van der Waals surface area contributed by atoms with Gasteiger partial charge in [0.1, 0.15) is 0 Å². The topological polar surface area (TPSA) is 147 Å². The van der Waals surface area contributed by atoms with E-state index >= 15 is 0 Å². The van der Waals surface area contributed by atoms with Crippen LogP contribution in [0.5, 0.6) is 0 Å². The smallest absolute Gasteiger partial charge is 1.00 e. The molecule has 0 saturated heterocycles. The molecule has 0 aromatic rings. The van der Waals surface area contributed by atoms with Crippen molar-refractivity contribution in [3.8, 4) is 0 Å². The van der Waals surface area contributed by atoms with Crippen LogP contribution in [0.3, 0.4) is 0 Å². The zero-order valence-corrected chi connectivity index (χ0v) is 9.18. The van der Waals surface area contributed by atoms with Gasteiger partial charge in [-0.1, -0.05) is 4.33 Å². The fraction of sp³-hybridized carbons (Fsp3) is 0. The molecule has 64 valence electrons. The van der Waals surface area contributed by atoms with Gasteiger partial charge in [0, 0.05) is 0 Å². The summed E-state index contributed by atoms with van der Waals surface area (Å²) in [6.45, 7) is 0. The molecule has 0 aliphatic carbocycles. The van der Waals surface area contributed by atoms with Crippen LogP contribution in [0.1, 0.15) is 1.43 Å². The first-order valence-electron chi connectivity index (χ1n) is 1.43. The second kappa shape index (κ2) is 8.76. The van der Waals surface area contributed by atoms with Crippen molar-refractivity contribution in [2.75, 3.05) is 0 Å². The summed E-state index contributed by atoms with van der Waals surface area (Å²) in [6.07, 6.45) is 0. The van der Waals surface area contributed by atoms with Gasteiger partial charge in [0.2, 0.25) is 0 Å². The van der Waals surface area contributed by atoms with Crippen LogP contribution >= 0.6 is 0 Å². The Labute approximate surface area is 105 Å². The van der Waals surface area contributed by atoms with Crippen molar-refractivity contribution >= 4 is 10.4 Å². The molecule has 0 fully saturated rings. The molecule has 3 N–H and O–H groups in total. The van der Waals surface area contributed by atoms with E-state index in [1.54, 1.807) is 0 Å². The number of nitrogens with zero attached hydrogens (tertiary/aromatic N) is 1. The van der Waals surface area contributed by atoms with Gasteiger partial charge in [-0.2, -0.15) is 8.42 Å². The molecule has 0 bridgehead atoms. The van der Waals surface area contributed by atoms with E-state index in [2.05, 4.69) is 4.33 Å². The molecule has 0 aliphatic rings. The van der Waals surface area contributed by atoms with E-state index in [1.807, 2.05) is 0 Å². The van der Waals surface area contributed by atoms with Gasteiger partial charge in [-0.15, -0.1) is 10.1 Å². The summed E-state index contributed by atoms with van der Waals surface area (Å²) < 4.78 is 28.0. The van der Waals surface area contributed by atoms with E-state index in [-0.39, 0.29) is 52.8 Å². The summed E-state index contributed by atoms with van der Waals surface area (Å²) >= 11 is 0. The molecule has 11 heavy (non-hydrogen) atoms. The van der Waals surface area contributed by atoms with Gasteiger partial charge in [-0.25, -0.2) is 5.26 Å². The quantitative estimate of drug-likeness (QED) is 0.132. The third kappa shape index (κ3) is 59.6. The average Bonchev–Trinajstić information content (AvgIpc) is 1.63. The summed E-state index contributed by atoms with van der Waals surface area (Å²) in [4.78, 5) is 8.36. The Morgan fingerprint density at radius 3 is 1.64 bits per heavy atom. The van der Waals surface area contributed by atoms with Crippen LogP contribution in [0.4, 0.5) is 0 Å². The van der Waals surface area contributed by atoms with Crippen LogP contribution in [-0.2, 0) is 14.7 Å². The van der Waals surface area contributed by atoms with E-state index in [0.717, 1.165) is 0 Å². The molecule has 0 rings (SSSR count). The Kier molecular flexibility index (Phi) is 14.1. The van der Waals surface area contributed by atoms with Crippen molar-refractivity contribution < 1.29 is 85.7 Å². The summed E-state index contributed by atoms with van der Waals surface area (Å²) in [5.41, 5.74) is 0. The van der Waals surface area contributed by atoms with Crippen molar-refractivity contribution in [3.63, 3.8) is 0 Å². The first-order chi connectivity index (χ1) is 4.29. The summed E-state index contributed by atoms with van der Waals surface area (Å²) in [6, 6.07) is 0. The van der Waals surface area contributed by atoms with Gasteiger partial charge in [-0.3, -0.25) is 4.55 Å². The maximum atomic E-state index is 9.08. The van der Waals surface area contributed by atoms with Crippen molar-refractivity contribution in [2.45, 2.75) is 0 Å². The molecule has 0 aromatic carbocycles. The molecule has 0 unspecified atom stereocenters. The van der Waals surface area contributed by atoms with Crippen molar-refractivity contribution in [2.24, 2.45) is 0 Å². The minimum Gasteiger partial charge on any atom is -1.00 e. The standard InChI is InChI=1S/K.HNO3.H2O5S.H/c;2-1(3)4;1-5-6(2,3)4;/h;(H,2,3,4);1H,(H,2,3,4);/q+1;;;-1. The van der Waals surface area contributed by atoms with Crippen molar-refractivity contribution in [1.29, 1.82) is 0 Å². The molecule has 11 heteroatoms. The molecule has 0 aliphatic heterocycles. The minimum atomic E-state index is -4.61. The molecule has 0 aromatic heterocycles. The molecule has 9 nitrogen and oxygen atoms in total. The van der Waals surface area contributed by atoms with Crippen LogP contribution in [-0.4, -0.2) is 28.5 Å². The fourth-order valence-electron chi connectivity index (χ4n) is 0. The fourth-order valence-corrected chi connectivity index (χ4v) is 0. The first kappa shape index (κ1) is 17.7. The van der Waals surface area contributed by atoms with Crippen LogP contribution in [0.2, 0.25) is 0 Å². The van der Waals surface area contributed by atoms with Gasteiger partial charge in [-0.05, 0) is 0 Å². The summed E-state index contributed by atoms with van der Waals surface area (Å²) in [7, 11) is -4.61. The largest absolute Gasteiger partial charge is 1.00 e. The molecule has 0 amide bonds. The maximum Gasteiger partial charge on any atom is 1.00 e. The molecule has 0 radical (unpaired) electrons. The maximum absolute atomic E-state index is 9.08. The van der Waals surface area contributed by atoms with Gasteiger partial charge < -0.3 is 6.63 Å². The Morgan fingerprint density at radius 1 is 1.55 bits per heavy atom. The molecule has 0 saturated carbocycles. The van der Waals surface area contributed by atoms with Crippen molar-refractivity contribution in [1.82, 2.24) is 0 Å². The molecular weight excluding hydrogens is 213 g/mol. The number of hydrogen-bond acceptors (Lipinski definition) is 6. The van der Waals surface area contributed by atoms with Gasteiger partial charge >= 0.3 is 61.8 Å². The zero-order chi connectivity index (χ0) is 8.78. The molecular formula is H4KNO8S. The van der Waals surface area contributed by atoms with E-state index < -0.39 is 15.5 Å². The molecule has 0 heterocycles. The Balaban J connectivity index is -0.0000000483. The van der Waals surface area contributed by atoms with E-state index in [4.69, 9.17) is 33.5 Å². The van der Waals surface area contributed by atoms with Crippen LogP contribution in [0.25, 0.3) is 0 Å². The second-order valence-electron chi connectivity index (χ2n) is 0.740. The normalized spacial score (nSPS) is 8.55.